The largest absolute Gasteiger partial charge is 0.490 e. The van der Waals surface area contributed by atoms with E-state index in [2.05, 4.69) is 30.7 Å². The number of aromatic nitrogens is 2. The van der Waals surface area contributed by atoms with Gasteiger partial charge in [-0.3, -0.25) is 0 Å². The van der Waals surface area contributed by atoms with E-state index in [-0.39, 0.29) is 5.41 Å². The van der Waals surface area contributed by atoms with Crippen LogP contribution in [0.25, 0.3) is 11.3 Å². The number of hydrogen-bond acceptors (Lipinski definition) is 3. The smallest absolute Gasteiger partial charge is 0.136 e. The van der Waals surface area contributed by atoms with E-state index in [1.807, 2.05) is 24.3 Å². The molecule has 21 heavy (non-hydrogen) atoms. The maximum Gasteiger partial charge on any atom is 0.136 e. The second-order valence-corrected chi connectivity index (χ2v) is 6.88. The summed E-state index contributed by atoms with van der Waals surface area (Å²) in [7, 11) is 0. The van der Waals surface area contributed by atoms with Crippen molar-refractivity contribution in [3.05, 3.63) is 41.3 Å². The molecule has 1 heterocycles. The Hall–Kier alpha value is -1.61. The van der Waals surface area contributed by atoms with Crippen LogP contribution < -0.4 is 4.74 Å². The third-order valence-corrected chi connectivity index (χ3v) is 3.52. The first-order chi connectivity index (χ1) is 9.91. The van der Waals surface area contributed by atoms with Gasteiger partial charge in [0.1, 0.15) is 16.7 Å². The number of halogens is 1. The Morgan fingerprint density at radius 3 is 2.57 bits per heavy atom. The van der Waals surface area contributed by atoms with Crippen LogP contribution in [0.15, 0.2) is 30.3 Å². The van der Waals surface area contributed by atoms with Gasteiger partial charge in [0.25, 0.3) is 0 Å². The van der Waals surface area contributed by atoms with Crippen molar-refractivity contribution in [1.82, 2.24) is 9.97 Å². The fourth-order valence-corrected chi connectivity index (χ4v) is 2.19. The van der Waals surface area contributed by atoms with Gasteiger partial charge in [-0.2, -0.15) is 0 Å². The maximum atomic E-state index is 6.16. The number of ether oxygens (including phenoxy) is 1. The summed E-state index contributed by atoms with van der Waals surface area (Å²) in [6, 6.07) is 9.80. The lowest BCUT2D eigenvalue weighted by Crippen LogP contribution is -2.16. The first kappa shape index (κ1) is 14.3. The molecule has 3 nitrogen and oxygen atoms in total. The van der Waals surface area contributed by atoms with Gasteiger partial charge >= 0.3 is 0 Å². The lowest BCUT2D eigenvalue weighted by molar-refractivity contribution is 0.303. The van der Waals surface area contributed by atoms with Gasteiger partial charge in [0.2, 0.25) is 0 Å². The lowest BCUT2D eigenvalue weighted by atomic mass is 9.95. The summed E-state index contributed by atoms with van der Waals surface area (Å²) in [5.74, 6) is 1.64. The first-order valence-electron chi connectivity index (χ1n) is 7.24. The van der Waals surface area contributed by atoms with Crippen molar-refractivity contribution < 1.29 is 4.74 Å². The second kappa shape index (κ2) is 5.30. The van der Waals surface area contributed by atoms with Crippen molar-refractivity contribution >= 4 is 11.6 Å². The molecule has 1 saturated carbocycles. The Morgan fingerprint density at radius 2 is 1.90 bits per heavy atom. The number of nitrogens with zero attached hydrogens (tertiary/aromatic N) is 2. The van der Waals surface area contributed by atoms with Crippen LogP contribution >= 0.6 is 11.6 Å². The molecule has 0 spiro atoms. The molecule has 2 aromatic rings. The normalized spacial score (nSPS) is 15.0. The Kier molecular flexibility index (Phi) is 3.62. The summed E-state index contributed by atoms with van der Waals surface area (Å²) in [4.78, 5) is 8.99. The van der Waals surface area contributed by atoms with E-state index in [4.69, 9.17) is 16.3 Å². The lowest BCUT2D eigenvalue weighted by Gasteiger charge is -2.17. The highest BCUT2D eigenvalue weighted by molar-refractivity contribution is 6.29. The molecule has 0 atom stereocenters. The molecular weight excluding hydrogens is 284 g/mol. The standard InChI is InChI=1S/C17H19ClN2O/c1-17(2,3)16-19-14(10-15(18)20-16)11-5-4-6-13(9-11)21-12-7-8-12/h4-6,9-10,12H,7-8H2,1-3H3. The summed E-state index contributed by atoms with van der Waals surface area (Å²) in [6.07, 6.45) is 2.69. The average Bonchev–Trinajstić information content (AvgIpc) is 3.21. The van der Waals surface area contributed by atoms with Crippen molar-refractivity contribution in [2.75, 3.05) is 0 Å². The second-order valence-electron chi connectivity index (χ2n) is 6.49. The van der Waals surface area contributed by atoms with Gasteiger partial charge in [-0.05, 0) is 25.0 Å². The highest BCUT2D eigenvalue weighted by Gasteiger charge is 2.24. The number of benzene rings is 1. The summed E-state index contributed by atoms with van der Waals surface area (Å²) in [6.45, 7) is 6.24. The molecule has 0 unspecified atom stereocenters. The molecule has 1 aliphatic rings. The summed E-state index contributed by atoms with van der Waals surface area (Å²) in [5, 5.41) is 0.471. The van der Waals surface area contributed by atoms with Crippen molar-refractivity contribution in [3.8, 4) is 17.0 Å². The molecule has 0 radical (unpaired) electrons. The number of hydrogen-bond donors (Lipinski definition) is 0. The van der Waals surface area contributed by atoms with E-state index in [0.717, 1.165) is 35.7 Å². The molecule has 1 aromatic heterocycles. The van der Waals surface area contributed by atoms with Gasteiger partial charge in [-0.25, -0.2) is 9.97 Å². The van der Waals surface area contributed by atoms with Crippen molar-refractivity contribution in [1.29, 1.82) is 0 Å². The fraction of sp³-hybridized carbons (Fsp3) is 0.412. The van der Waals surface area contributed by atoms with Crippen molar-refractivity contribution in [2.24, 2.45) is 0 Å². The minimum absolute atomic E-state index is 0.137. The Morgan fingerprint density at radius 1 is 1.14 bits per heavy atom. The zero-order valence-electron chi connectivity index (χ0n) is 12.6. The molecule has 1 aliphatic carbocycles. The van der Waals surface area contributed by atoms with E-state index < -0.39 is 0 Å². The van der Waals surface area contributed by atoms with Crippen LogP contribution in [-0.2, 0) is 5.41 Å². The Labute approximate surface area is 130 Å². The Bertz CT molecular complexity index is 660. The SMILES string of the molecule is CC(C)(C)c1nc(Cl)cc(-c2cccc(OC3CC3)c2)n1. The van der Waals surface area contributed by atoms with Crippen molar-refractivity contribution in [2.45, 2.75) is 45.1 Å². The van der Waals surface area contributed by atoms with E-state index in [1.165, 1.54) is 0 Å². The molecule has 1 aromatic carbocycles. The third-order valence-electron chi connectivity index (χ3n) is 3.32. The predicted octanol–water partition coefficient (Wildman–Crippen LogP) is 4.64. The van der Waals surface area contributed by atoms with E-state index in [0.29, 0.717) is 11.3 Å². The predicted molar refractivity (Wildman–Crippen MR) is 84.8 cm³/mol. The van der Waals surface area contributed by atoms with Gasteiger partial charge in [-0.1, -0.05) is 44.5 Å². The summed E-state index contributed by atoms with van der Waals surface area (Å²) >= 11 is 6.16. The molecule has 0 amide bonds. The molecule has 0 saturated heterocycles. The van der Waals surface area contributed by atoms with Crippen LogP contribution in [0.3, 0.4) is 0 Å². The third kappa shape index (κ3) is 3.53. The molecule has 0 N–H and O–H groups in total. The first-order valence-corrected chi connectivity index (χ1v) is 7.62. The minimum atomic E-state index is -0.137. The fourth-order valence-electron chi connectivity index (χ4n) is 2.01. The quantitative estimate of drug-likeness (QED) is 0.775. The van der Waals surface area contributed by atoms with E-state index >= 15 is 0 Å². The van der Waals surface area contributed by atoms with Gasteiger partial charge in [0.05, 0.1) is 11.8 Å². The van der Waals surface area contributed by atoms with Crippen LogP contribution in [0, 0.1) is 0 Å². The van der Waals surface area contributed by atoms with Crippen LogP contribution in [-0.4, -0.2) is 16.1 Å². The van der Waals surface area contributed by atoms with Gasteiger partial charge in [0, 0.05) is 17.0 Å². The zero-order valence-corrected chi connectivity index (χ0v) is 13.3. The molecule has 110 valence electrons. The van der Waals surface area contributed by atoms with Gasteiger partial charge in [0.15, 0.2) is 0 Å². The topological polar surface area (TPSA) is 35.0 Å². The molecule has 1 fully saturated rings. The summed E-state index contributed by atoms with van der Waals surface area (Å²) in [5.41, 5.74) is 1.70. The highest BCUT2D eigenvalue weighted by atomic mass is 35.5. The number of rotatable bonds is 3. The molecule has 3 rings (SSSR count). The maximum absolute atomic E-state index is 6.16. The Balaban J connectivity index is 1.97. The van der Waals surface area contributed by atoms with Gasteiger partial charge in [-0.15, -0.1) is 0 Å². The van der Waals surface area contributed by atoms with E-state index in [1.54, 1.807) is 6.07 Å². The molecule has 0 bridgehead atoms. The molecular formula is C17H19ClN2O. The van der Waals surface area contributed by atoms with Crippen LogP contribution in [0.2, 0.25) is 5.15 Å². The molecule has 4 heteroatoms. The average molecular weight is 303 g/mol. The summed E-state index contributed by atoms with van der Waals surface area (Å²) < 4.78 is 5.84. The van der Waals surface area contributed by atoms with E-state index in [9.17, 15) is 0 Å². The molecule has 0 aliphatic heterocycles. The van der Waals surface area contributed by atoms with Gasteiger partial charge < -0.3 is 4.74 Å². The van der Waals surface area contributed by atoms with Crippen LogP contribution in [0.1, 0.15) is 39.4 Å². The van der Waals surface area contributed by atoms with Crippen molar-refractivity contribution in [3.63, 3.8) is 0 Å². The highest BCUT2D eigenvalue weighted by Crippen LogP contribution is 2.30. The minimum Gasteiger partial charge on any atom is -0.490 e. The monoisotopic (exact) mass is 302 g/mol. The van der Waals surface area contributed by atoms with Crippen LogP contribution in [0.5, 0.6) is 5.75 Å². The zero-order chi connectivity index (χ0) is 15.0. The van der Waals surface area contributed by atoms with Crippen LogP contribution in [0.4, 0.5) is 0 Å².